The molecular formula is C12H17N3O4. The Morgan fingerprint density at radius 2 is 2.11 bits per heavy atom. The van der Waals surface area contributed by atoms with Crippen molar-refractivity contribution in [3.8, 4) is 5.88 Å². The fraction of sp³-hybridized carbons (Fsp3) is 0.500. The van der Waals surface area contributed by atoms with Gasteiger partial charge in [0.25, 0.3) is 0 Å². The molecule has 1 amide bonds. The van der Waals surface area contributed by atoms with E-state index >= 15 is 0 Å². The van der Waals surface area contributed by atoms with Crippen molar-refractivity contribution in [3.63, 3.8) is 0 Å². The molecule has 0 bridgehead atoms. The SMILES string of the molecule is Cc1cc(OCCC(=O)N(C)CCC(=O)O)ncn1. The summed E-state index contributed by atoms with van der Waals surface area (Å²) in [5, 5.41) is 8.52. The first-order chi connectivity index (χ1) is 8.99. The summed E-state index contributed by atoms with van der Waals surface area (Å²) < 4.78 is 5.32. The molecule has 0 aliphatic heterocycles. The third-order valence-corrected chi connectivity index (χ3v) is 2.43. The van der Waals surface area contributed by atoms with Crippen LogP contribution in [0.2, 0.25) is 0 Å². The van der Waals surface area contributed by atoms with Crippen molar-refractivity contribution in [3.05, 3.63) is 18.1 Å². The van der Waals surface area contributed by atoms with Gasteiger partial charge in [-0.05, 0) is 6.92 Å². The Hall–Kier alpha value is -2.18. The molecule has 19 heavy (non-hydrogen) atoms. The first kappa shape index (κ1) is 14.9. The van der Waals surface area contributed by atoms with Gasteiger partial charge in [-0.3, -0.25) is 9.59 Å². The molecule has 0 atom stereocenters. The summed E-state index contributed by atoms with van der Waals surface area (Å²) in [6.45, 7) is 2.22. The van der Waals surface area contributed by atoms with Gasteiger partial charge in [-0.25, -0.2) is 9.97 Å². The summed E-state index contributed by atoms with van der Waals surface area (Å²) in [5.41, 5.74) is 0.787. The maximum absolute atomic E-state index is 11.6. The summed E-state index contributed by atoms with van der Waals surface area (Å²) in [7, 11) is 1.57. The van der Waals surface area contributed by atoms with Crippen molar-refractivity contribution in [2.45, 2.75) is 19.8 Å². The zero-order chi connectivity index (χ0) is 14.3. The van der Waals surface area contributed by atoms with Crippen molar-refractivity contribution in [1.29, 1.82) is 0 Å². The highest BCUT2D eigenvalue weighted by molar-refractivity contribution is 5.76. The van der Waals surface area contributed by atoms with E-state index in [1.54, 1.807) is 13.1 Å². The van der Waals surface area contributed by atoms with E-state index in [0.29, 0.717) is 5.88 Å². The Labute approximate surface area is 111 Å². The molecule has 0 aliphatic rings. The monoisotopic (exact) mass is 267 g/mol. The second kappa shape index (κ2) is 7.30. The van der Waals surface area contributed by atoms with E-state index in [-0.39, 0.29) is 31.9 Å². The Bertz CT molecular complexity index is 450. The molecule has 1 N–H and O–H groups in total. The molecule has 1 heterocycles. The van der Waals surface area contributed by atoms with E-state index in [2.05, 4.69) is 9.97 Å². The minimum atomic E-state index is -0.924. The fourth-order valence-electron chi connectivity index (χ4n) is 1.33. The zero-order valence-corrected chi connectivity index (χ0v) is 11.0. The van der Waals surface area contributed by atoms with Crippen LogP contribution < -0.4 is 4.74 Å². The van der Waals surface area contributed by atoms with Crippen LogP contribution in [-0.2, 0) is 9.59 Å². The standard InChI is InChI=1S/C12H17N3O4/c1-9-7-10(14-8-13-9)19-6-4-11(16)15(2)5-3-12(17)18/h7-8H,3-6H2,1-2H3,(H,17,18). The number of aryl methyl sites for hydroxylation is 1. The van der Waals surface area contributed by atoms with E-state index in [1.807, 2.05) is 6.92 Å². The predicted octanol–water partition coefficient (Wildman–Crippen LogP) is 0.487. The van der Waals surface area contributed by atoms with Crippen LogP contribution in [0.15, 0.2) is 12.4 Å². The van der Waals surface area contributed by atoms with Crippen LogP contribution in [0.3, 0.4) is 0 Å². The zero-order valence-electron chi connectivity index (χ0n) is 11.0. The van der Waals surface area contributed by atoms with Crippen molar-refractivity contribution < 1.29 is 19.4 Å². The summed E-state index contributed by atoms with van der Waals surface area (Å²) in [6, 6.07) is 1.68. The molecule has 104 valence electrons. The van der Waals surface area contributed by atoms with Gasteiger partial charge in [0.15, 0.2) is 0 Å². The second-order valence-corrected chi connectivity index (χ2v) is 4.06. The first-order valence-corrected chi connectivity index (χ1v) is 5.86. The van der Waals surface area contributed by atoms with Gasteiger partial charge in [-0.15, -0.1) is 0 Å². The highest BCUT2D eigenvalue weighted by Crippen LogP contribution is 2.06. The molecule has 1 aromatic rings. The van der Waals surface area contributed by atoms with E-state index < -0.39 is 5.97 Å². The fourth-order valence-corrected chi connectivity index (χ4v) is 1.33. The van der Waals surface area contributed by atoms with Crippen molar-refractivity contribution >= 4 is 11.9 Å². The van der Waals surface area contributed by atoms with E-state index in [9.17, 15) is 9.59 Å². The number of rotatable bonds is 7. The number of aliphatic carboxylic acids is 1. The molecule has 1 aromatic heterocycles. The molecule has 0 fully saturated rings. The van der Waals surface area contributed by atoms with Crippen LogP contribution in [0.1, 0.15) is 18.5 Å². The van der Waals surface area contributed by atoms with E-state index in [0.717, 1.165) is 5.69 Å². The van der Waals surface area contributed by atoms with Crippen LogP contribution >= 0.6 is 0 Å². The molecule has 1 rings (SSSR count). The minimum absolute atomic E-state index is 0.0613. The quantitative estimate of drug-likeness (QED) is 0.772. The van der Waals surface area contributed by atoms with Crippen molar-refractivity contribution in [2.24, 2.45) is 0 Å². The molecule has 7 nitrogen and oxygen atoms in total. The van der Waals surface area contributed by atoms with Crippen LogP contribution in [0.4, 0.5) is 0 Å². The number of ether oxygens (including phenoxy) is 1. The lowest BCUT2D eigenvalue weighted by Gasteiger charge is -2.15. The number of amides is 1. The molecule has 0 saturated heterocycles. The summed E-state index contributed by atoms with van der Waals surface area (Å²) in [6.07, 6.45) is 1.51. The van der Waals surface area contributed by atoms with Gasteiger partial charge in [-0.1, -0.05) is 0 Å². The Kier molecular flexibility index (Phi) is 5.72. The van der Waals surface area contributed by atoms with Gasteiger partial charge < -0.3 is 14.7 Å². The smallest absolute Gasteiger partial charge is 0.305 e. The lowest BCUT2D eigenvalue weighted by atomic mass is 10.3. The lowest BCUT2D eigenvalue weighted by Crippen LogP contribution is -2.30. The van der Waals surface area contributed by atoms with Gasteiger partial charge >= 0.3 is 5.97 Å². The second-order valence-electron chi connectivity index (χ2n) is 4.06. The summed E-state index contributed by atoms with van der Waals surface area (Å²) in [4.78, 5) is 31.2. The number of hydrogen-bond acceptors (Lipinski definition) is 5. The highest BCUT2D eigenvalue weighted by atomic mass is 16.5. The number of hydrogen-bond donors (Lipinski definition) is 1. The van der Waals surface area contributed by atoms with Gasteiger partial charge in [-0.2, -0.15) is 0 Å². The third kappa shape index (κ3) is 5.80. The van der Waals surface area contributed by atoms with E-state index in [4.69, 9.17) is 9.84 Å². The largest absolute Gasteiger partial charge is 0.481 e. The Morgan fingerprint density at radius 3 is 2.74 bits per heavy atom. The number of carbonyl (C=O) groups excluding carboxylic acids is 1. The molecule has 0 aromatic carbocycles. The molecule has 0 spiro atoms. The first-order valence-electron chi connectivity index (χ1n) is 5.86. The Balaban J connectivity index is 2.28. The average Bonchev–Trinajstić information content (AvgIpc) is 2.35. The maximum Gasteiger partial charge on any atom is 0.305 e. The van der Waals surface area contributed by atoms with Gasteiger partial charge in [0.1, 0.15) is 6.33 Å². The topological polar surface area (TPSA) is 92.6 Å². The highest BCUT2D eigenvalue weighted by Gasteiger charge is 2.10. The number of carboxylic acids is 1. The summed E-state index contributed by atoms with van der Waals surface area (Å²) in [5.74, 6) is -0.659. The summed E-state index contributed by atoms with van der Waals surface area (Å²) >= 11 is 0. The molecular weight excluding hydrogens is 250 g/mol. The van der Waals surface area contributed by atoms with Crippen LogP contribution in [0.5, 0.6) is 5.88 Å². The molecule has 0 saturated carbocycles. The van der Waals surface area contributed by atoms with Crippen LogP contribution in [-0.4, -0.2) is 52.1 Å². The molecule has 0 radical (unpaired) electrons. The van der Waals surface area contributed by atoms with Gasteiger partial charge in [0.2, 0.25) is 11.8 Å². The van der Waals surface area contributed by atoms with Crippen molar-refractivity contribution in [1.82, 2.24) is 14.9 Å². The number of carboxylic acid groups (broad SMARTS) is 1. The normalized spacial score (nSPS) is 10.0. The van der Waals surface area contributed by atoms with Crippen molar-refractivity contribution in [2.75, 3.05) is 20.2 Å². The number of aromatic nitrogens is 2. The molecule has 0 aliphatic carbocycles. The molecule has 0 unspecified atom stereocenters. The third-order valence-electron chi connectivity index (χ3n) is 2.43. The number of nitrogens with zero attached hydrogens (tertiary/aromatic N) is 3. The van der Waals surface area contributed by atoms with Gasteiger partial charge in [0, 0.05) is 25.4 Å². The maximum atomic E-state index is 11.6. The lowest BCUT2D eigenvalue weighted by molar-refractivity contribution is -0.138. The van der Waals surface area contributed by atoms with Crippen LogP contribution in [0.25, 0.3) is 0 Å². The Morgan fingerprint density at radius 1 is 1.37 bits per heavy atom. The predicted molar refractivity (Wildman–Crippen MR) is 66.8 cm³/mol. The van der Waals surface area contributed by atoms with Crippen LogP contribution in [0, 0.1) is 6.92 Å². The van der Waals surface area contributed by atoms with Gasteiger partial charge in [0.05, 0.1) is 19.4 Å². The van der Waals surface area contributed by atoms with E-state index in [1.165, 1.54) is 11.2 Å². The minimum Gasteiger partial charge on any atom is -0.481 e. The molecule has 7 heteroatoms. The number of carbonyl (C=O) groups is 2. The average molecular weight is 267 g/mol.